The van der Waals surface area contributed by atoms with Crippen molar-refractivity contribution < 1.29 is 4.79 Å². The Bertz CT molecular complexity index is 1040. The summed E-state index contributed by atoms with van der Waals surface area (Å²) in [6.07, 6.45) is 7.07. The number of nitrogens with one attached hydrogen (secondary N) is 1. The molecule has 3 aromatic rings. The predicted molar refractivity (Wildman–Crippen MR) is 101 cm³/mol. The quantitative estimate of drug-likeness (QED) is 0.767. The minimum Gasteiger partial charge on any atom is -0.338 e. The van der Waals surface area contributed by atoms with Crippen molar-refractivity contribution in [3.05, 3.63) is 52.1 Å². The molecule has 1 amide bonds. The summed E-state index contributed by atoms with van der Waals surface area (Å²) in [5.74, 6) is 0.918. The van der Waals surface area contributed by atoms with Gasteiger partial charge < -0.3 is 9.47 Å². The highest BCUT2D eigenvalue weighted by atomic mass is 16.2. The molecule has 1 aliphatic rings. The average Bonchev–Trinajstić information content (AvgIpc) is 3.28. The summed E-state index contributed by atoms with van der Waals surface area (Å²) >= 11 is 0. The second kappa shape index (κ2) is 6.68. The third-order valence-electron chi connectivity index (χ3n) is 5.18. The maximum absolute atomic E-state index is 13.0. The molecule has 1 N–H and O–H groups in total. The number of carbonyl (C=O) groups is 1. The number of hydrogen-bond donors (Lipinski definition) is 1. The Kier molecular flexibility index (Phi) is 4.33. The predicted octanol–water partition coefficient (Wildman–Crippen LogP) is 2.13. The Hall–Kier alpha value is -2.90. The highest BCUT2D eigenvalue weighted by molar-refractivity contribution is 5.93. The smallest absolute Gasteiger partial charge is 0.285 e. The van der Waals surface area contributed by atoms with E-state index >= 15 is 0 Å². The topological polar surface area (TPSA) is 88.3 Å². The van der Waals surface area contributed by atoms with Crippen LogP contribution >= 0.6 is 0 Å². The standard InChI is InChI=1S/C19H24N6O2/c1-12(2)24-8-6-20-17(24)14-5-4-7-23(11-14)18(26)15-10-21-16-9-13(3)22-25(16)19(15)27/h6,8-10,12,14,22H,4-5,7,11H2,1-3H3/t14-/m1/s1. The second-order valence-electron chi connectivity index (χ2n) is 7.49. The Morgan fingerprint density at radius 2 is 2.15 bits per heavy atom. The van der Waals surface area contributed by atoms with E-state index in [1.807, 2.05) is 19.3 Å². The number of piperidine rings is 1. The molecule has 0 bridgehead atoms. The zero-order chi connectivity index (χ0) is 19.1. The van der Waals surface area contributed by atoms with E-state index in [-0.39, 0.29) is 22.9 Å². The summed E-state index contributed by atoms with van der Waals surface area (Å²) in [6, 6.07) is 2.10. The molecule has 1 saturated heterocycles. The first-order chi connectivity index (χ1) is 13.0. The summed E-state index contributed by atoms with van der Waals surface area (Å²) in [6.45, 7) is 7.30. The maximum Gasteiger partial charge on any atom is 0.285 e. The molecule has 0 spiro atoms. The average molecular weight is 368 g/mol. The fraction of sp³-hybridized carbons (Fsp3) is 0.474. The zero-order valence-electron chi connectivity index (χ0n) is 15.8. The van der Waals surface area contributed by atoms with Crippen LogP contribution in [0.4, 0.5) is 0 Å². The number of rotatable bonds is 3. The minimum atomic E-state index is -0.357. The van der Waals surface area contributed by atoms with Crippen LogP contribution in [0.1, 0.15) is 60.5 Å². The van der Waals surface area contributed by atoms with Crippen LogP contribution in [0.2, 0.25) is 0 Å². The van der Waals surface area contributed by atoms with Crippen molar-refractivity contribution in [2.75, 3.05) is 13.1 Å². The Morgan fingerprint density at radius 1 is 1.33 bits per heavy atom. The fourth-order valence-corrected chi connectivity index (χ4v) is 3.85. The van der Waals surface area contributed by atoms with Crippen molar-refractivity contribution in [1.29, 1.82) is 0 Å². The summed E-state index contributed by atoms with van der Waals surface area (Å²) in [5.41, 5.74) is 1.08. The highest BCUT2D eigenvalue weighted by Gasteiger charge is 2.30. The number of H-pyrrole nitrogens is 1. The van der Waals surface area contributed by atoms with Crippen molar-refractivity contribution >= 4 is 11.6 Å². The van der Waals surface area contributed by atoms with E-state index in [1.165, 1.54) is 10.7 Å². The fourth-order valence-electron chi connectivity index (χ4n) is 3.85. The zero-order valence-corrected chi connectivity index (χ0v) is 15.8. The lowest BCUT2D eigenvalue weighted by Gasteiger charge is -2.33. The van der Waals surface area contributed by atoms with Crippen LogP contribution in [0.15, 0.2) is 29.5 Å². The third kappa shape index (κ3) is 3.05. The Morgan fingerprint density at radius 3 is 2.93 bits per heavy atom. The minimum absolute atomic E-state index is 0.0993. The largest absolute Gasteiger partial charge is 0.338 e. The SMILES string of the molecule is Cc1cc2ncc(C(=O)N3CCC[C@@H](c4nccn4C(C)C)C3)c(=O)n2[nH]1. The van der Waals surface area contributed by atoms with Gasteiger partial charge in [0.15, 0.2) is 5.65 Å². The van der Waals surface area contributed by atoms with E-state index in [0.717, 1.165) is 24.4 Å². The molecule has 4 rings (SSSR count). The maximum atomic E-state index is 13.0. The Balaban J connectivity index is 1.61. The van der Waals surface area contributed by atoms with E-state index < -0.39 is 0 Å². The summed E-state index contributed by atoms with van der Waals surface area (Å²) in [5, 5.41) is 2.93. The van der Waals surface area contributed by atoms with Gasteiger partial charge in [0.05, 0.1) is 0 Å². The van der Waals surface area contributed by atoms with Crippen LogP contribution in [0.3, 0.4) is 0 Å². The molecule has 0 saturated carbocycles. The molecule has 8 heteroatoms. The van der Waals surface area contributed by atoms with Crippen molar-refractivity contribution in [3.63, 3.8) is 0 Å². The van der Waals surface area contributed by atoms with Crippen molar-refractivity contribution in [2.45, 2.75) is 45.6 Å². The van der Waals surface area contributed by atoms with Crippen LogP contribution in [0.25, 0.3) is 5.65 Å². The van der Waals surface area contributed by atoms with Crippen LogP contribution in [-0.2, 0) is 0 Å². The molecule has 0 unspecified atom stereocenters. The van der Waals surface area contributed by atoms with E-state index in [9.17, 15) is 9.59 Å². The van der Waals surface area contributed by atoms with Crippen LogP contribution in [-0.4, -0.2) is 48.0 Å². The number of carbonyl (C=O) groups excluding carboxylic acids is 1. The molecule has 1 fully saturated rings. The molecular formula is C19H24N6O2. The lowest BCUT2D eigenvalue weighted by Crippen LogP contribution is -2.42. The van der Waals surface area contributed by atoms with E-state index in [4.69, 9.17) is 0 Å². The van der Waals surface area contributed by atoms with Gasteiger partial charge in [0, 0.05) is 55.4 Å². The van der Waals surface area contributed by atoms with Gasteiger partial charge in [-0.3, -0.25) is 14.7 Å². The van der Waals surface area contributed by atoms with E-state index in [0.29, 0.717) is 24.8 Å². The molecule has 27 heavy (non-hydrogen) atoms. The first-order valence-corrected chi connectivity index (χ1v) is 9.35. The number of amides is 1. The molecule has 142 valence electrons. The second-order valence-corrected chi connectivity index (χ2v) is 7.49. The van der Waals surface area contributed by atoms with Gasteiger partial charge in [-0.05, 0) is 33.6 Å². The third-order valence-corrected chi connectivity index (χ3v) is 5.18. The van der Waals surface area contributed by atoms with Gasteiger partial charge in [0.25, 0.3) is 11.5 Å². The van der Waals surface area contributed by atoms with Crippen molar-refractivity contribution in [2.24, 2.45) is 0 Å². The number of aryl methyl sites for hydroxylation is 1. The number of hydrogen-bond acceptors (Lipinski definition) is 4. The van der Waals surface area contributed by atoms with E-state index in [2.05, 4.69) is 33.5 Å². The molecule has 4 heterocycles. The number of aromatic amines is 1. The lowest BCUT2D eigenvalue weighted by molar-refractivity contribution is 0.0700. The summed E-state index contributed by atoms with van der Waals surface area (Å²) < 4.78 is 3.48. The molecule has 1 aliphatic heterocycles. The molecule has 0 aromatic carbocycles. The van der Waals surface area contributed by atoms with Crippen LogP contribution in [0.5, 0.6) is 0 Å². The number of nitrogens with zero attached hydrogens (tertiary/aromatic N) is 5. The van der Waals surface area contributed by atoms with Crippen LogP contribution in [0, 0.1) is 6.92 Å². The van der Waals surface area contributed by atoms with Gasteiger partial charge in [-0.15, -0.1) is 0 Å². The number of aromatic nitrogens is 5. The highest BCUT2D eigenvalue weighted by Crippen LogP contribution is 2.28. The first-order valence-electron chi connectivity index (χ1n) is 9.35. The normalized spacial score (nSPS) is 17.8. The lowest BCUT2D eigenvalue weighted by atomic mass is 9.96. The summed E-state index contributed by atoms with van der Waals surface area (Å²) in [7, 11) is 0. The van der Waals surface area contributed by atoms with Gasteiger partial charge in [0.2, 0.25) is 0 Å². The monoisotopic (exact) mass is 368 g/mol. The van der Waals surface area contributed by atoms with Crippen molar-refractivity contribution in [1.82, 2.24) is 29.0 Å². The van der Waals surface area contributed by atoms with Crippen molar-refractivity contribution in [3.8, 4) is 0 Å². The summed E-state index contributed by atoms with van der Waals surface area (Å²) in [4.78, 5) is 36.3. The number of likely N-dealkylation sites (tertiary alicyclic amines) is 1. The first kappa shape index (κ1) is 17.5. The van der Waals surface area contributed by atoms with Gasteiger partial charge in [-0.1, -0.05) is 0 Å². The van der Waals surface area contributed by atoms with E-state index in [1.54, 1.807) is 11.0 Å². The Labute approximate surface area is 156 Å². The van der Waals surface area contributed by atoms with Crippen LogP contribution < -0.4 is 5.56 Å². The van der Waals surface area contributed by atoms with Gasteiger partial charge in [0.1, 0.15) is 11.4 Å². The molecule has 1 atom stereocenters. The molecule has 0 radical (unpaired) electrons. The van der Waals surface area contributed by atoms with Gasteiger partial charge in [-0.25, -0.2) is 14.5 Å². The van der Waals surface area contributed by atoms with Gasteiger partial charge >= 0.3 is 0 Å². The molecule has 0 aliphatic carbocycles. The number of fused-ring (bicyclic) bond motifs is 1. The molecule has 3 aromatic heterocycles. The number of imidazole rings is 1. The molecule has 8 nitrogen and oxygen atoms in total. The van der Waals surface area contributed by atoms with Gasteiger partial charge in [-0.2, -0.15) is 0 Å². The molecular weight excluding hydrogens is 344 g/mol.